The maximum absolute atomic E-state index is 9.02. The third kappa shape index (κ3) is 2.10. The fourth-order valence-electron chi connectivity index (χ4n) is 1.99. The SMILES string of the molecule is CC(N)C(CCO)c1cc2ccccc2o1. The van der Waals surface area contributed by atoms with E-state index in [1.807, 2.05) is 37.3 Å². The van der Waals surface area contributed by atoms with Crippen LogP contribution in [0.3, 0.4) is 0 Å². The lowest BCUT2D eigenvalue weighted by molar-refractivity contribution is 0.260. The molecule has 0 aliphatic carbocycles. The molecule has 2 atom stereocenters. The molecule has 0 saturated heterocycles. The molecule has 0 aliphatic heterocycles. The molecule has 0 amide bonds. The molecule has 0 aliphatic rings. The molecule has 3 N–H and O–H groups in total. The molecule has 3 nitrogen and oxygen atoms in total. The summed E-state index contributed by atoms with van der Waals surface area (Å²) in [6, 6.07) is 9.87. The molecule has 1 aromatic heterocycles. The molecule has 0 fully saturated rings. The Hall–Kier alpha value is -1.32. The van der Waals surface area contributed by atoms with E-state index in [-0.39, 0.29) is 18.6 Å². The van der Waals surface area contributed by atoms with E-state index in [9.17, 15) is 0 Å². The number of aliphatic hydroxyl groups is 1. The molecular formula is C13H17NO2. The van der Waals surface area contributed by atoms with Gasteiger partial charge in [-0.25, -0.2) is 0 Å². The van der Waals surface area contributed by atoms with Crippen molar-refractivity contribution in [2.75, 3.05) is 6.61 Å². The Morgan fingerprint density at radius 2 is 2.12 bits per heavy atom. The molecule has 2 aromatic rings. The summed E-state index contributed by atoms with van der Waals surface area (Å²) in [4.78, 5) is 0. The first-order valence-corrected chi connectivity index (χ1v) is 5.57. The van der Waals surface area contributed by atoms with Gasteiger partial charge in [-0.15, -0.1) is 0 Å². The number of aliphatic hydroxyl groups excluding tert-OH is 1. The minimum atomic E-state index is -0.0206. The summed E-state index contributed by atoms with van der Waals surface area (Å²) < 4.78 is 5.75. The average molecular weight is 219 g/mol. The zero-order chi connectivity index (χ0) is 11.5. The molecule has 3 heteroatoms. The van der Waals surface area contributed by atoms with Gasteiger partial charge in [-0.1, -0.05) is 18.2 Å². The largest absolute Gasteiger partial charge is 0.461 e. The van der Waals surface area contributed by atoms with Gasteiger partial charge in [0.15, 0.2) is 0 Å². The third-order valence-corrected chi connectivity index (χ3v) is 2.88. The van der Waals surface area contributed by atoms with Crippen molar-refractivity contribution in [1.29, 1.82) is 0 Å². The van der Waals surface area contributed by atoms with E-state index in [0.29, 0.717) is 6.42 Å². The van der Waals surface area contributed by atoms with Gasteiger partial charge in [-0.3, -0.25) is 0 Å². The average Bonchev–Trinajstić information content (AvgIpc) is 2.68. The van der Waals surface area contributed by atoms with E-state index >= 15 is 0 Å². The summed E-state index contributed by atoms with van der Waals surface area (Å²) in [5, 5.41) is 10.1. The van der Waals surface area contributed by atoms with Gasteiger partial charge in [0.1, 0.15) is 11.3 Å². The van der Waals surface area contributed by atoms with E-state index in [4.69, 9.17) is 15.3 Å². The van der Waals surface area contributed by atoms with E-state index < -0.39 is 0 Å². The highest BCUT2D eigenvalue weighted by Crippen LogP contribution is 2.28. The number of benzene rings is 1. The van der Waals surface area contributed by atoms with Crippen LogP contribution in [-0.4, -0.2) is 17.8 Å². The Morgan fingerprint density at radius 1 is 1.38 bits per heavy atom. The van der Waals surface area contributed by atoms with Crippen LogP contribution in [0.5, 0.6) is 0 Å². The normalized spacial score (nSPS) is 15.2. The molecule has 0 radical (unpaired) electrons. The molecule has 1 heterocycles. The predicted molar refractivity (Wildman–Crippen MR) is 64.3 cm³/mol. The van der Waals surface area contributed by atoms with Crippen LogP contribution in [-0.2, 0) is 0 Å². The van der Waals surface area contributed by atoms with Gasteiger partial charge in [-0.05, 0) is 25.5 Å². The van der Waals surface area contributed by atoms with Crippen molar-refractivity contribution < 1.29 is 9.52 Å². The van der Waals surface area contributed by atoms with Gasteiger partial charge in [0.2, 0.25) is 0 Å². The zero-order valence-corrected chi connectivity index (χ0v) is 9.39. The number of hydrogen-bond donors (Lipinski definition) is 2. The zero-order valence-electron chi connectivity index (χ0n) is 9.39. The number of hydrogen-bond acceptors (Lipinski definition) is 3. The van der Waals surface area contributed by atoms with Crippen LogP contribution in [0, 0.1) is 0 Å². The first-order valence-electron chi connectivity index (χ1n) is 5.57. The monoisotopic (exact) mass is 219 g/mol. The summed E-state index contributed by atoms with van der Waals surface area (Å²) in [5.41, 5.74) is 6.78. The second-order valence-electron chi connectivity index (χ2n) is 4.16. The van der Waals surface area contributed by atoms with E-state index in [0.717, 1.165) is 16.7 Å². The molecule has 0 bridgehead atoms. The van der Waals surface area contributed by atoms with Gasteiger partial charge in [0.05, 0.1) is 0 Å². The minimum Gasteiger partial charge on any atom is -0.461 e. The van der Waals surface area contributed by atoms with Gasteiger partial charge in [-0.2, -0.15) is 0 Å². The second kappa shape index (κ2) is 4.68. The maximum atomic E-state index is 9.02. The van der Waals surface area contributed by atoms with Crippen LogP contribution in [0.15, 0.2) is 34.7 Å². The van der Waals surface area contributed by atoms with Crippen molar-refractivity contribution in [3.8, 4) is 0 Å². The van der Waals surface area contributed by atoms with Crippen LogP contribution in [0.2, 0.25) is 0 Å². The lowest BCUT2D eigenvalue weighted by atomic mass is 9.95. The van der Waals surface area contributed by atoms with E-state index in [1.54, 1.807) is 0 Å². The van der Waals surface area contributed by atoms with Gasteiger partial charge in [0, 0.05) is 24.0 Å². The first-order chi connectivity index (χ1) is 7.72. The van der Waals surface area contributed by atoms with Gasteiger partial charge >= 0.3 is 0 Å². The molecule has 0 saturated carbocycles. The van der Waals surface area contributed by atoms with Crippen molar-refractivity contribution in [2.45, 2.75) is 25.3 Å². The molecule has 2 rings (SSSR count). The highest BCUT2D eigenvalue weighted by Gasteiger charge is 2.19. The molecule has 0 spiro atoms. The summed E-state index contributed by atoms with van der Waals surface area (Å²) in [6.07, 6.45) is 0.636. The number of nitrogens with two attached hydrogens (primary N) is 1. The molecule has 2 unspecified atom stereocenters. The van der Waals surface area contributed by atoms with Crippen LogP contribution in [0.4, 0.5) is 0 Å². The van der Waals surface area contributed by atoms with Crippen molar-refractivity contribution >= 4 is 11.0 Å². The standard InChI is InChI=1S/C13H17NO2/c1-9(14)11(6-7-15)13-8-10-4-2-3-5-12(10)16-13/h2-5,8-9,11,15H,6-7,14H2,1H3. The Morgan fingerprint density at radius 3 is 2.75 bits per heavy atom. The van der Waals surface area contributed by atoms with E-state index in [2.05, 4.69) is 0 Å². The maximum Gasteiger partial charge on any atom is 0.134 e. The highest BCUT2D eigenvalue weighted by atomic mass is 16.3. The third-order valence-electron chi connectivity index (χ3n) is 2.88. The van der Waals surface area contributed by atoms with Crippen molar-refractivity contribution in [2.24, 2.45) is 5.73 Å². The number of furan rings is 1. The lowest BCUT2D eigenvalue weighted by Gasteiger charge is -2.16. The number of para-hydroxylation sites is 1. The lowest BCUT2D eigenvalue weighted by Crippen LogP contribution is -2.25. The Labute approximate surface area is 94.9 Å². The smallest absolute Gasteiger partial charge is 0.134 e. The van der Waals surface area contributed by atoms with Crippen LogP contribution < -0.4 is 5.73 Å². The van der Waals surface area contributed by atoms with Crippen molar-refractivity contribution in [3.05, 3.63) is 36.1 Å². The number of rotatable bonds is 4. The first kappa shape index (κ1) is 11.2. The van der Waals surface area contributed by atoms with Crippen molar-refractivity contribution in [3.63, 3.8) is 0 Å². The summed E-state index contributed by atoms with van der Waals surface area (Å²) >= 11 is 0. The van der Waals surface area contributed by atoms with E-state index in [1.165, 1.54) is 0 Å². The topological polar surface area (TPSA) is 59.4 Å². The van der Waals surface area contributed by atoms with Crippen LogP contribution in [0.1, 0.15) is 25.0 Å². The fourth-order valence-corrected chi connectivity index (χ4v) is 1.99. The Kier molecular flexibility index (Phi) is 3.27. The number of fused-ring (bicyclic) bond motifs is 1. The molecular weight excluding hydrogens is 202 g/mol. The summed E-state index contributed by atoms with van der Waals surface area (Å²) in [5.74, 6) is 0.947. The summed E-state index contributed by atoms with van der Waals surface area (Å²) in [7, 11) is 0. The van der Waals surface area contributed by atoms with Gasteiger partial charge in [0.25, 0.3) is 0 Å². The minimum absolute atomic E-state index is 0.0206. The van der Waals surface area contributed by atoms with Gasteiger partial charge < -0.3 is 15.3 Å². The van der Waals surface area contributed by atoms with Crippen LogP contribution in [0.25, 0.3) is 11.0 Å². The quantitative estimate of drug-likeness (QED) is 0.829. The molecule has 86 valence electrons. The second-order valence-corrected chi connectivity index (χ2v) is 4.16. The Bertz CT molecular complexity index is 429. The fraction of sp³-hybridized carbons (Fsp3) is 0.385. The summed E-state index contributed by atoms with van der Waals surface area (Å²) in [6.45, 7) is 2.07. The molecule has 16 heavy (non-hydrogen) atoms. The predicted octanol–water partition coefficient (Wildman–Crippen LogP) is 2.25. The molecule has 1 aromatic carbocycles. The van der Waals surface area contributed by atoms with Crippen molar-refractivity contribution in [1.82, 2.24) is 0 Å². The Balaban J connectivity index is 2.37. The van der Waals surface area contributed by atoms with Crippen LogP contribution >= 0.6 is 0 Å². The highest BCUT2D eigenvalue weighted by molar-refractivity contribution is 5.77.